The van der Waals surface area contributed by atoms with E-state index in [1.165, 1.54) is 36.8 Å². The third kappa shape index (κ3) is 1.64. The van der Waals surface area contributed by atoms with Crippen molar-refractivity contribution >= 4 is 22.6 Å². The zero-order valence-corrected chi connectivity index (χ0v) is 9.10. The molecule has 0 aromatic carbocycles. The van der Waals surface area contributed by atoms with Crippen molar-refractivity contribution in [2.24, 2.45) is 0 Å². The number of likely N-dealkylation sites (tertiary alicyclic amines) is 1. The minimum Gasteiger partial charge on any atom is -0.316 e. The molecule has 0 aromatic heterocycles. The average Bonchev–Trinajstić information content (AvgIpc) is 1.96. The fraction of sp³-hybridized carbons (Fsp3) is 1.00. The number of halogens is 1. The van der Waals surface area contributed by atoms with Crippen LogP contribution in [0.15, 0.2) is 0 Å². The van der Waals surface area contributed by atoms with E-state index in [4.69, 9.17) is 0 Å². The van der Waals surface area contributed by atoms with E-state index in [1.807, 2.05) is 0 Å². The topological polar surface area (TPSA) is 0 Å². The molecule has 0 bridgehead atoms. The molecule has 0 spiro atoms. The maximum absolute atomic E-state index is 2.61. The van der Waals surface area contributed by atoms with Crippen molar-refractivity contribution in [3.63, 3.8) is 0 Å². The van der Waals surface area contributed by atoms with Gasteiger partial charge in [0.15, 0.2) is 0 Å². The van der Waals surface area contributed by atoms with Gasteiger partial charge in [-0.15, -0.1) is 0 Å². The van der Waals surface area contributed by atoms with Crippen LogP contribution in [0.1, 0.15) is 26.2 Å². The number of hydrogen-bond acceptors (Lipinski definition) is 0. The van der Waals surface area contributed by atoms with Crippen molar-refractivity contribution in [1.82, 2.24) is 0 Å². The Morgan fingerprint density at radius 3 is 2.60 bits per heavy atom. The minimum atomic E-state index is 0.872. The molecule has 0 aliphatic carbocycles. The van der Waals surface area contributed by atoms with Crippen molar-refractivity contribution in [3.8, 4) is 0 Å². The molecule has 10 heavy (non-hydrogen) atoms. The molecule has 0 radical (unpaired) electrons. The predicted octanol–water partition coefficient (Wildman–Crippen LogP) is 2.40. The monoisotopic (exact) mass is 254 g/mol. The zero-order valence-electron chi connectivity index (χ0n) is 6.94. The highest BCUT2D eigenvalue weighted by Gasteiger charge is 2.31. The van der Waals surface area contributed by atoms with Crippen LogP contribution in [-0.2, 0) is 0 Å². The summed E-state index contributed by atoms with van der Waals surface area (Å²) in [7, 11) is 2.39. The number of alkyl halides is 1. The Morgan fingerprint density at radius 2 is 2.20 bits per heavy atom. The molecule has 1 aliphatic heterocycles. The molecular formula is C8H17IN+. The van der Waals surface area contributed by atoms with Gasteiger partial charge >= 0.3 is 0 Å². The van der Waals surface area contributed by atoms with Crippen LogP contribution < -0.4 is 0 Å². The summed E-state index contributed by atoms with van der Waals surface area (Å²) in [6.07, 6.45) is 4.30. The van der Waals surface area contributed by atoms with Gasteiger partial charge in [-0.1, -0.05) is 0 Å². The van der Waals surface area contributed by atoms with Gasteiger partial charge in [-0.2, -0.15) is 0 Å². The first kappa shape index (κ1) is 8.78. The van der Waals surface area contributed by atoms with Crippen LogP contribution in [0.4, 0.5) is 0 Å². The number of rotatable bonds is 1. The van der Waals surface area contributed by atoms with E-state index >= 15 is 0 Å². The first-order valence-electron chi connectivity index (χ1n) is 4.17. The highest BCUT2D eigenvalue weighted by molar-refractivity contribution is 14.1. The number of hydrogen-bond donors (Lipinski definition) is 0. The molecule has 60 valence electrons. The standard InChI is InChI=1S/C8H17IN/c1-3-10(2)7-5-4-6-8(10)9/h8H,3-7H2,1-2H3/q+1. The lowest BCUT2D eigenvalue weighted by molar-refractivity contribution is -0.918. The number of nitrogens with zero attached hydrogens (tertiary/aromatic N) is 1. The molecule has 0 N–H and O–H groups in total. The summed E-state index contributed by atoms with van der Waals surface area (Å²) < 4.78 is 2.16. The molecule has 2 heteroatoms. The van der Waals surface area contributed by atoms with Crippen molar-refractivity contribution < 1.29 is 4.48 Å². The summed E-state index contributed by atoms with van der Waals surface area (Å²) in [6.45, 7) is 4.99. The SMILES string of the molecule is CC[N+]1(C)CCCCC1I. The lowest BCUT2D eigenvalue weighted by Crippen LogP contribution is -2.51. The maximum atomic E-state index is 2.61. The Labute approximate surface area is 77.5 Å². The van der Waals surface area contributed by atoms with Crippen LogP contribution in [0.5, 0.6) is 0 Å². The second kappa shape index (κ2) is 3.39. The summed E-state index contributed by atoms with van der Waals surface area (Å²) >= 11 is 2.61. The third-order valence-electron chi connectivity index (χ3n) is 2.76. The van der Waals surface area contributed by atoms with Gasteiger partial charge in [0.1, 0.15) is 4.05 Å². The van der Waals surface area contributed by atoms with Gasteiger partial charge in [-0.05, 0) is 42.4 Å². The summed E-state index contributed by atoms with van der Waals surface area (Å²) in [5.74, 6) is 0. The first-order valence-corrected chi connectivity index (χ1v) is 5.42. The average molecular weight is 254 g/mol. The predicted molar refractivity (Wildman–Crippen MR) is 53.3 cm³/mol. The van der Waals surface area contributed by atoms with Gasteiger partial charge in [0.05, 0.1) is 20.1 Å². The molecule has 1 saturated heterocycles. The molecule has 0 amide bonds. The summed E-state index contributed by atoms with van der Waals surface area (Å²) in [5.41, 5.74) is 0. The van der Waals surface area contributed by atoms with Gasteiger partial charge in [0, 0.05) is 6.42 Å². The third-order valence-corrected chi connectivity index (χ3v) is 4.73. The van der Waals surface area contributed by atoms with Gasteiger partial charge < -0.3 is 4.48 Å². The lowest BCUT2D eigenvalue weighted by atomic mass is 10.1. The van der Waals surface area contributed by atoms with Crippen LogP contribution >= 0.6 is 22.6 Å². The number of quaternary nitrogens is 1. The van der Waals surface area contributed by atoms with Crippen molar-refractivity contribution in [2.75, 3.05) is 20.1 Å². The highest BCUT2D eigenvalue weighted by atomic mass is 127. The molecule has 1 rings (SSSR count). The normalized spacial score (nSPS) is 41.7. The maximum Gasteiger partial charge on any atom is 0.139 e. The minimum absolute atomic E-state index is 0.872. The highest BCUT2D eigenvalue weighted by Crippen LogP contribution is 2.27. The molecule has 2 atom stereocenters. The quantitative estimate of drug-likeness (QED) is 0.292. The van der Waals surface area contributed by atoms with E-state index in [1.54, 1.807) is 0 Å². The lowest BCUT2D eigenvalue weighted by Gasteiger charge is -2.41. The van der Waals surface area contributed by atoms with Crippen LogP contribution in [0.25, 0.3) is 0 Å². The Bertz CT molecular complexity index is 116. The van der Waals surface area contributed by atoms with Crippen molar-refractivity contribution in [3.05, 3.63) is 0 Å². The van der Waals surface area contributed by atoms with Crippen molar-refractivity contribution in [2.45, 2.75) is 30.2 Å². The van der Waals surface area contributed by atoms with Crippen LogP contribution in [0.3, 0.4) is 0 Å². The van der Waals surface area contributed by atoms with Crippen LogP contribution in [0.2, 0.25) is 0 Å². The van der Waals surface area contributed by atoms with E-state index in [9.17, 15) is 0 Å². The molecule has 1 aliphatic rings. The molecule has 1 heterocycles. The zero-order chi connectivity index (χ0) is 7.61. The molecule has 2 unspecified atom stereocenters. The largest absolute Gasteiger partial charge is 0.316 e. The van der Waals surface area contributed by atoms with Crippen LogP contribution in [0, 0.1) is 0 Å². The summed E-state index contributed by atoms with van der Waals surface area (Å²) in [5, 5.41) is 0. The van der Waals surface area contributed by atoms with E-state index < -0.39 is 0 Å². The van der Waals surface area contributed by atoms with Gasteiger partial charge in [0.2, 0.25) is 0 Å². The summed E-state index contributed by atoms with van der Waals surface area (Å²) in [4.78, 5) is 0. The van der Waals surface area contributed by atoms with E-state index in [2.05, 4.69) is 36.6 Å². The smallest absolute Gasteiger partial charge is 0.139 e. The Balaban J connectivity index is 2.54. The van der Waals surface area contributed by atoms with Crippen LogP contribution in [-0.4, -0.2) is 28.7 Å². The Hall–Kier alpha value is 0.690. The second-order valence-electron chi connectivity index (χ2n) is 3.45. The van der Waals surface area contributed by atoms with Crippen molar-refractivity contribution in [1.29, 1.82) is 0 Å². The van der Waals surface area contributed by atoms with E-state index in [-0.39, 0.29) is 0 Å². The molecule has 1 fully saturated rings. The van der Waals surface area contributed by atoms with E-state index in [0.29, 0.717) is 0 Å². The number of piperidine rings is 1. The summed E-state index contributed by atoms with van der Waals surface area (Å²) in [6, 6.07) is 0. The van der Waals surface area contributed by atoms with Gasteiger partial charge in [-0.3, -0.25) is 0 Å². The molecule has 0 aromatic rings. The molecule has 1 nitrogen and oxygen atoms in total. The Morgan fingerprint density at radius 1 is 1.50 bits per heavy atom. The fourth-order valence-corrected chi connectivity index (χ4v) is 2.71. The fourth-order valence-electron chi connectivity index (χ4n) is 1.59. The molecular weight excluding hydrogens is 237 g/mol. The second-order valence-corrected chi connectivity index (χ2v) is 4.89. The first-order chi connectivity index (χ1) is 4.69. The van der Waals surface area contributed by atoms with Gasteiger partial charge in [0.25, 0.3) is 0 Å². The molecule has 0 saturated carbocycles. The van der Waals surface area contributed by atoms with E-state index in [0.717, 1.165) is 4.05 Å². The Kier molecular flexibility index (Phi) is 2.98. The van der Waals surface area contributed by atoms with Gasteiger partial charge in [-0.25, -0.2) is 0 Å².